The van der Waals surface area contributed by atoms with Gasteiger partial charge in [-0.15, -0.1) is 0 Å². The second kappa shape index (κ2) is 7.17. The SMILES string of the molecule is CNc1ccc(/C=C/C(=O)c2ccc(I)cc2)cc1[N+](=O)[O-]. The summed E-state index contributed by atoms with van der Waals surface area (Å²) in [4.78, 5) is 22.6. The van der Waals surface area contributed by atoms with Gasteiger partial charge in [0, 0.05) is 22.2 Å². The number of halogens is 1. The van der Waals surface area contributed by atoms with Crippen molar-refractivity contribution in [1.29, 1.82) is 0 Å². The minimum Gasteiger partial charge on any atom is -0.383 e. The Kier molecular flexibility index (Phi) is 5.26. The van der Waals surface area contributed by atoms with Crippen molar-refractivity contribution in [3.63, 3.8) is 0 Å². The quantitative estimate of drug-likeness (QED) is 0.266. The van der Waals surface area contributed by atoms with Crippen molar-refractivity contribution >= 4 is 45.8 Å². The molecular weight excluding hydrogens is 395 g/mol. The molecule has 1 N–H and O–H groups in total. The Labute approximate surface area is 141 Å². The molecule has 0 spiro atoms. The minimum absolute atomic E-state index is 0.0219. The first-order valence-electron chi connectivity index (χ1n) is 6.45. The number of carbonyl (C=O) groups is 1. The zero-order valence-corrected chi connectivity index (χ0v) is 13.9. The molecule has 0 aliphatic carbocycles. The Hall–Kier alpha value is -2.22. The van der Waals surface area contributed by atoms with Gasteiger partial charge >= 0.3 is 0 Å². The standard InChI is InChI=1S/C16H13IN2O3/c1-18-14-8-2-11(10-15(14)19(21)22)3-9-16(20)12-4-6-13(17)7-5-12/h2-10,18H,1H3/b9-3+. The molecule has 0 amide bonds. The summed E-state index contributed by atoms with van der Waals surface area (Å²) in [5.41, 5.74) is 1.60. The summed E-state index contributed by atoms with van der Waals surface area (Å²) in [5, 5.41) is 13.8. The Bertz CT molecular complexity index is 740. The van der Waals surface area contributed by atoms with E-state index in [1.165, 1.54) is 12.1 Å². The molecule has 0 heterocycles. The number of allylic oxidation sites excluding steroid dienone is 1. The van der Waals surface area contributed by atoms with Gasteiger partial charge in [-0.25, -0.2) is 0 Å². The number of ketones is 1. The number of anilines is 1. The summed E-state index contributed by atoms with van der Waals surface area (Å²) in [5.74, 6) is -0.142. The van der Waals surface area contributed by atoms with Crippen LogP contribution in [0.1, 0.15) is 15.9 Å². The highest BCUT2D eigenvalue weighted by Crippen LogP contribution is 2.25. The summed E-state index contributed by atoms with van der Waals surface area (Å²) in [6, 6.07) is 12.0. The lowest BCUT2D eigenvalue weighted by Crippen LogP contribution is -1.97. The Balaban J connectivity index is 2.22. The third kappa shape index (κ3) is 3.91. The van der Waals surface area contributed by atoms with E-state index in [0.717, 1.165) is 3.57 Å². The van der Waals surface area contributed by atoms with Gasteiger partial charge in [0.15, 0.2) is 5.78 Å². The normalized spacial score (nSPS) is 10.6. The molecule has 0 aliphatic heterocycles. The minimum atomic E-state index is -0.454. The number of carbonyl (C=O) groups excluding carboxylic acids is 1. The Morgan fingerprint density at radius 2 is 1.91 bits per heavy atom. The van der Waals surface area contributed by atoms with Crippen molar-refractivity contribution in [3.8, 4) is 0 Å². The van der Waals surface area contributed by atoms with Gasteiger partial charge in [0.1, 0.15) is 5.69 Å². The van der Waals surface area contributed by atoms with Gasteiger partial charge in [0.2, 0.25) is 0 Å². The van der Waals surface area contributed by atoms with Crippen LogP contribution in [0.4, 0.5) is 11.4 Å². The first-order valence-corrected chi connectivity index (χ1v) is 7.53. The lowest BCUT2D eigenvalue weighted by molar-refractivity contribution is -0.383. The van der Waals surface area contributed by atoms with Gasteiger partial charge < -0.3 is 5.32 Å². The van der Waals surface area contributed by atoms with Crippen molar-refractivity contribution < 1.29 is 9.72 Å². The predicted octanol–water partition coefficient (Wildman–Crippen LogP) is 4.14. The molecule has 5 nitrogen and oxygen atoms in total. The predicted molar refractivity (Wildman–Crippen MR) is 95.2 cm³/mol. The Morgan fingerprint density at radius 1 is 1.23 bits per heavy atom. The first-order chi connectivity index (χ1) is 10.5. The first kappa shape index (κ1) is 16.2. The fourth-order valence-electron chi connectivity index (χ4n) is 1.90. The van der Waals surface area contributed by atoms with Crippen LogP contribution in [0.5, 0.6) is 0 Å². The highest BCUT2D eigenvalue weighted by atomic mass is 127. The number of benzene rings is 2. The molecule has 0 atom stereocenters. The average Bonchev–Trinajstić information content (AvgIpc) is 2.53. The molecule has 0 saturated carbocycles. The maximum absolute atomic E-state index is 12.0. The smallest absolute Gasteiger partial charge is 0.292 e. The molecule has 0 radical (unpaired) electrons. The van der Waals surface area contributed by atoms with Crippen LogP contribution < -0.4 is 5.32 Å². The largest absolute Gasteiger partial charge is 0.383 e. The molecule has 6 heteroatoms. The van der Waals surface area contributed by atoms with Crippen LogP contribution in [-0.4, -0.2) is 17.8 Å². The van der Waals surface area contributed by atoms with Crippen LogP contribution in [0.2, 0.25) is 0 Å². The van der Waals surface area contributed by atoms with Crippen LogP contribution in [0, 0.1) is 13.7 Å². The summed E-state index contributed by atoms with van der Waals surface area (Å²) in [6.07, 6.45) is 2.99. The fourth-order valence-corrected chi connectivity index (χ4v) is 2.26. The van der Waals surface area contributed by atoms with E-state index in [1.54, 1.807) is 37.4 Å². The maximum atomic E-state index is 12.0. The summed E-state index contributed by atoms with van der Waals surface area (Å²) >= 11 is 2.17. The molecule has 0 aliphatic rings. The van der Waals surface area contributed by atoms with Crippen LogP contribution in [0.3, 0.4) is 0 Å². The van der Waals surface area contributed by atoms with Crippen LogP contribution >= 0.6 is 22.6 Å². The van der Waals surface area contributed by atoms with Crippen molar-refractivity contribution in [2.24, 2.45) is 0 Å². The molecule has 0 aromatic heterocycles. The molecular formula is C16H13IN2O3. The van der Waals surface area contributed by atoms with Crippen LogP contribution in [-0.2, 0) is 0 Å². The number of nitrogens with one attached hydrogen (secondary N) is 1. The highest BCUT2D eigenvalue weighted by Gasteiger charge is 2.12. The number of hydrogen-bond acceptors (Lipinski definition) is 4. The summed E-state index contributed by atoms with van der Waals surface area (Å²) < 4.78 is 1.05. The molecule has 0 unspecified atom stereocenters. The van der Waals surface area contributed by atoms with E-state index >= 15 is 0 Å². The number of nitro benzene ring substituents is 1. The number of rotatable bonds is 5. The van der Waals surface area contributed by atoms with Crippen LogP contribution in [0.25, 0.3) is 6.08 Å². The number of hydrogen-bond donors (Lipinski definition) is 1. The van der Waals surface area contributed by atoms with Gasteiger partial charge in [0.25, 0.3) is 5.69 Å². The van der Waals surface area contributed by atoms with E-state index in [9.17, 15) is 14.9 Å². The molecule has 2 aromatic rings. The van der Waals surface area contributed by atoms with E-state index in [-0.39, 0.29) is 11.5 Å². The van der Waals surface area contributed by atoms with Gasteiger partial charge in [-0.3, -0.25) is 14.9 Å². The Morgan fingerprint density at radius 3 is 2.50 bits per heavy atom. The van der Waals surface area contributed by atoms with E-state index in [2.05, 4.69) is 27.9 Å². The highest BCUT2D eigenvalue weighted by molar-refractivity contribution is 14.1. The number of nitrogens with zero attached hydrogens (tertiary/aromatic N) is 1. The molecule has 2 rings (SSSR count). The van der Waals surface area contributed by atoms with E-state index in [1.807, 2.05) is 12.1 Å². The zero-order valence-electron chi connectivity index (χ0n) is 11.7. The van der Waals surface area contributed by atoms with Crippen molar-refractivity contribution in [3.05, 3.63) is 73.4 Å². The third-order valence-corrected chi connectivity index (χ3v) is 3.76. The summed E-state index contributed by atoms with van der Waals surface area (Å²) in [6.45, 7) is 0. The molecule has 22 heavy (non-hydrogen) atoms. The molecule has 0 bridgehead atoms. The van der Waals surface area contributed by atoms with Gasteiger partial charge in [-0.2, -0.15) is 0 Å². The summed E-state index contributed by atoms with van der Waals surface area (Å²) in [7, 11) is 1.62. The lowest BCUT2D eigenvalue weighted by Gasteiger charge is -2.02. The van der Waals surface area contributed by atoms with E-state index in [4.69, 9.17) is 0 Å². The average molecular weight is 408 g/mol. The second-order valence-corrected chi connectivity index (χ2v) is 5.73. The number of nitro groups is 1. The fraction of sp³-hybridized carbons (Fsp3) is 0.0625. The van der Waals surface area contributed by atoms with Crippen molar-refractivity contribution in [1.82, 2.24) is 0 Å². The van der Waals surface area contributed by atoms with E-state index < -0.39 is 4.92 Å². The lowest BCUT2D eigenvalue weighted by atomic mass is 10.1. The molecule has 112 valence electrons. The van der Waals surface area contributed by atoms with Crippen molar-refractivity contribution in [2.75, 3.05) is 12.4 Å². The maximum Gasteiger partial charge on any atom is 0.292 e. The zero-order chi connectivity index (χ0) is 16.1. The monoisotopic (exact) mass is 408 g/mol. The van der Waals surface area contributed by atoms with Crippen molar-refractivity contribution in [2.45, 2.75) is 0 Å². The molecule has 2 aromatic carbocycles. The van der Waals surface area contributed by atoms with Gasteiger partial charge in [-0.05, 0) is 52.4 Å². The van der Waals surface area contributed by atoms with Crippen LogP contribution in [0.15, 0.2) is 48.5 Å². The third-order valence-electron chi connectivity index (χ3n) is 3.04. The molecule has 0 fully saturated rings. The molecule has 0 saturated heterocycles. The van der Waals surface area contributed by atoms with E-state index in [0.29, 0.717) is 16.8 Å². The van der Waals surface area contributed by atoms with Gasteiger partial charge in [0.05, 0.1) is 4.92 Å². The second-order valence-electron chi connectivity index (χ2n) is 4.49. The topological polar surface area (TPSA) is 72.2 Å². The van der Waals surface area contributed by atoms with Gasteiger partial charge in [-0.1, -0.05) is 24.3 Å².